The lowest BCUT2D eigenvalue weighted by molar-refractivity contribution is -0.128. The van der Waals surface area contributed by atoms with Crippen molar-refractivity contribution in [3.8, 4) is 0 Å². The number of halogens is 2. The predicted molar refractivity (Wildman–Crippen MR) is 134 cm³/mol. The lowest BCUT2D eigenvalue weighted by atomic mass is 10.2. The van der Waals surface area contributed by atoms with Gasteiger partial charge in [-0.05, 0) is 48.0 Å². The van der Waals surface area contributed by atoms with Gasteiger partial charge in [0.05, 0.1) is 12.2 Å². The first-order valence-corrected chi connectivity index (χ1v) is 11.9. The summed E-state index contributed by atoms with van der Waals surface area (Å²) < 4.78 is 0.869. The largest absolute Gasteiger partial charge is 0.326 e. The quantitative estimate of drug-likeness (QED) is 0.411. The number of carbonyl (C=O) groups is 2. The highest BCUT2D eigenvalue weighted by Crippen LogP contribution is 2.33. The second kappa shape index (κ2) is 10.3. The number of benzene rings is 3. The molecule has 32 heavy (non-hydrogen) atoms. The van der Waals surface area contributed by atoms with Crippen LogP contribution < -0.4 is 5.32 Å². The number of rotatable bonds is 6. The Labute approximate surface area is 204 Å². The fourth-order valence-electron chi connectivity index (χ4n) is 3.20. The molecule has 8 heteroatoms. The van der Waals surface area contributed by atoms with Crippen LogP contribution in [0.3, 0.4) is 0 Å². The molecule has 5 nitrogen and oxygen atoms in total. The first kappa shape index (κ1) is 22.6. The van der Waals surface area contributed by atoms with E-state index < -0.39 is 5.25 Å². The van der Waals surface area contributed by atoms with E-state index in [9.17, 15) is 9.59 Å². The average molecular weight is 529 g/mol. The summed E-state index contributed by atoms with van der Waals surface area (Å²) in [6, 6.07) is 24.2. The van der Waals surface area contributed by atoms with Gasteiger partial charge in [0.2, 0.25) is 11.8 Å². The minimum Gasteiger partial charge on any atom is -0.326 e. The molecule has 0 spiro atoms. The number of nitrogens with zero attached hydrogens (tertiary/aromatic N) is 2. The van der Waals surface area contributed by atoms with Gasteiger partial charge in [-0.2, -0.15) is 0 Å². The molecule has 1 fully saturated rings. The summed E-state index contributed by atoms with van der Waals surface area (Å²) in [5.41, 5.74) is 2.36. The van der Waals surface area contributed by atoms with E-state index in [0.717, 1.165) is 15.7 Å². The van der Waals surface area contributed by atoms with Crippen LogP contribution in [0, 0.1) is 0 Å². The van der Waals surface area contributed by atoms with Crippen molar-refractivity contribution >= 4 is 67.6 Å². The van der Waals surface area contributed by atoms with Crippen LogP contribution in [-0.2, 0) is 16.1 Å². The van der Waals surface area contributed by atoms with Gasteiger partial charge in [0, 0.05) is 21.6 Å². The Morgan fingerprint density at radius 2 is 1.81 bits per heavy atom. The topological polar surface area (TPSA) is 61.8 Å². The number of aliphatic imine (C=N–C) groups is 1. The third kappa shape index (κ3) is 5.79. The first-order chi connectivity index (χ1) is 15.5. The third-order valence-corrected chi connectivity index (χ3v) is 6.65. The molecule has 0 radical (unpaired) electrons. The highest BCUT2D eigenvalue weighted by atomic mass is 79.9. The molecule has 0 bridgehead atoms. The maximum atomic E-state index is 13.2. The molecule has 162 valence electrons. The SMILES string of the molecule is O=C(CC1SC(=Nc2ccccc2)N(Cc2ccc(Cl)cc2)C1=O)Nc1cccc(Br)c1. The molecule has 0 aliphatic carbocycles. The van der Waals surface area contributed by atoms with Crippen molar-refractivity contribution in [1.82, 2.24) is 4.90 Å². The molecule has 1 atom stereocenters. The standard InChI is InChI=1S/C24H19BrClN3O2S/c25-17-5-4-8-20(13-17)27-22(30)14-21-23(31)29(15-16-9-11-18(26)12-10-16)24(32-21)28-19-6-2-1-3-7-19/h1-13,21H,14-15H2,(H,27,30). The average Bonchev–Trinajstić information content (AvgIpc) is 3.04. The van der Waals surface area contributed by atoms with Gasteiger partial charge in [0.15, 0.2) is 5.17 Å². The van der Waals surface area contributed by atoms with Crippen LogP contribution in [0.1, 0.15) is 12.0 Å². The van der Waals surface area contributed by atoms with Crippen LogP contribution >= 0.6 is 39.3 Å². The Kier molecular flexibility index (Phi) is 7.29. The number of amidine groups is 1. The van der Waals surface area contributed by atoms with Crippen molar-refractivity contribution in [2.24, 2.45) is 4.99 Å². The Hall–Kier alpha value is -2.61. The van der Waals surface area contributed by atoms with Crippen molar-refractivity contribution in [3.63, 3.8) is 0 Å². The van der Waals surface area contributed by atoms with Crippen LogP contribution in [-0.4, -0.2) is 27.1 Å². The van der Waals surface area contributed by atoms with Gasteiger partial charge in [0.25, 0.3) is 0 Å². The molecule has 4 rings (SSSR count). The van der Waals surface area contributed by atoms with Crippen molar-refractivity contribution in [2.75, 3.05) is 5.32 Å². The Balaban J connectivity index is 1.53. The minimum atomic E-state index is -0.545. The van der Waals surface area contributed by atoms with Crippen molar-refractivity contribution in [3.05, 3.63) is 93.9 Å². The molecule has 1 unspecified atom stereocenters. The number of amides is 2. The van der Waals surface area contributed by atoms with E-state index in [1.54, 1.807) is 23.1 Å². The maximum absolute atomic E-state index is 13.2. The molecule has 3 aromatic rings. The van der Waals surface area contributed by atoms with Crippen molar-refractivity contribution in [2.45, 2.75) is 18.2 Å². The number of nitrogens with one attached hydrogen (secondary N) is 1. The van der Waals surface area contributed by atoms with Gasteiger partial charge in [-0.1, -0.05) is 75.7 Å². The number of para-hydroxylation sites is 1. The summed E-state index contributed by atoms with van der Waals surface area (Å²) in [6.45, 7) is 0.360. The van der Waals surface area contributed by atoms with E-state index in [1.165, 1.54) is 11.8 Å². The Morgan fingerprint density at radius 1 is 1.06 bits per heavy atom. The molecule has 1 heterocycles. The number of hydrogen-bond acceptors (Lipinski definition) is 4. The second-order valence-electron chi connectivity index (χ2n) is 7.15. The maximum Gasteiger partial charge on any atom is 0.242 e. The van der Waals surface area contributed by atoms with Crippen LogP contribution in [0.5, 0.6) is 0 Å². The van der Waals surface area contributed by atoms with Crippen molar-refractivity contribution < 1.29 is 9.59 Å². The summed E-state index contributed by atoms with van der Waals surface area (Å²) in [5, 5.41) is 3.53. The highest BCUT2D eigenvalue weighted by molar-refractivity contribution is 9.10. The predicted octanol–water partition coefficient (Wildman–Crippen LogP) is 6.26. The molecule has 0 saturated carbocycles. The number of thioether (sulfide) groups is 1. The summed E-state index contributed by atoms with van der Waals surface area (Å²) in [6.07, 6.45) is 0.0565. The highest BCUT2D eigenvalue weighted by Gasteiger charge is 2.39. The summed E-state index contributed by atoms with van der Waals surface area (Å²) in [5.74, 6) is -0.356. The van der Waals surface area contributed by atoms with Crippen LogP contribution in [0.15, 0.2) is 88.3 Å². The molecule has 1 aliphatic rings. The van der Waals surface area contributed by atoms with E-state index in [2.05, 4.69) is 26.2 Å². The smallest absolute Gasteiger partial charge is 0.242 e. The third-order valence-electron chi connectivity index (χ3n) is 4.73. The minimum absolute atomic E-state index is 0.0565. The number of hydrogen-bond donors (Lipinski definition) is 1. The van der Waals surface area contributed by atoms with E-state index in [0.29, 0.717) is 22.4 Å². The zero-order valence-corrected chi connectivity index (χ0v) is 20.0. The van der Waals surface area contributed by atoms with E-state index in [4.69, 9.17) is 11.6 Å². The van der Waals surface area contributed by atoms with Gasteiger partial charge in [-0.25, -0.2) is 4.99 Å². The Bertz CT molecular complexity index is 1160. The monoisotopic (exact) mass is 527 g/mol. The molecule has 2 amide bonds. The van der Waals surface area contributed by atoms with Crippen molar-refractivity contribution in [1.29, 1.82) is 0 Å². The normalized spacial score (nSPS) is 17.1. The molecule has 1 N–H and O–H groups in total. The molecule has 0 aromatic heterocycles. The summed E-state index contributed by atoms with van der Waals surface area (Å²) in [7, 11) is 0. The fourth-order valence-corrected chi connectivity index (χ4v) is 4.88. The van der Waals surface area contributed by atoms with Gasteiger partial charge >= 0.3 is 0 Å². The lowest BCUT2D eigenvalue weighted by Gasteiger charge is -2.16. The number of carbonyl (C=O) groups excluding carboxylic acids is 2. The molecular formula is C24H19BrClN3O2S. The molecule has 1 saturated heterocycles. The molecule has 1 aliphatic heterocycles. The van der Waals surface area contributed by atoms with Crippen LogP contribution in [0.4, 0.5) is 11.4 Å². The Morgan fingerprint density at radius 3 is 2.53 bits per heavy atom. The van der Waals surface area contributed by atoms with Gasteiger partial charge < -0.3 is 5.32 Å². The summed E-state index contributed by atoms with van der Waals surface area (Å²) in [4.78, 5) is 32.2. The van der Waals surface area contributed by atoms with E-state index >= 15 is 0 Å². The second-order valence-corrected chi connectivity index (χ2v) is 9.67. The molecular weight excluding hydrogens is 510 g/mol. The zero-order chi connectivity index (χ0) is 22.5. The van der Waals surface area contributed by atoms with Crippen LogP contribution in [0.25, 0.3) is 0 Å². The van der Waals surface area contributed by atoms with E-state index in [-0.39, 0.29) is 18.2 Å². The van der Waals surface area contributed by atoms with Crippen LogP contribution in [0.2, 0.25) is 5.02 Å². The lowest BCUT2D eigenvalue weighted by Crippen LogP contribution is -2.33. The molecule has 3 aromatic carbocycles. The van der Waals surface area contributed by atoms with Gasteiger partial charge in [-0.3, -0.25) is 14.5 Å². The van der Waals surface area contributed by atoms with E-state index in [1.807, 2.05) is 60.7 Å². The fraction of sp³-hybridized carbons (Fsp3) is 0.125. The number of anilines is 1. The zero-order valence-electron chi connectivity index (χ0n) is 16.9. The van der Waals surface area contributed by atoms with Gasteiger partial charge in [-0.15, -0.1) is 0 Å². The first-order valence-electron chi connectivity index (χ1n) is 9.89. The summed E-state index contributed by atoms with van der Waals surface area (Å²) >= 11 is 10.7. The van der Waals surface area contributed by atoms with Gasteiger partial charge in [0.1, 0.15) is 5.25 Å².